The first-order chi connectivity index (χ1) is 13.3. The summed E-state index contributed by atoms with van der Waals surface area (Å²) in [6.07, 6.45) is -0.741. The molecule has 28 heavy (non-hydrogen) atoms. The predicted molar refractivity (Wildman–Crippen MR) is 103 cm³/mol. The van der Waals surface area contributed by atoms with Gasteiger partial charge in [0.1, 0.15) is 6.10 Å². The molecule has 0 N–H and O–H groups in total. The minimum Gasteiger partial charge on any atom is -0.466 e. The van der Waals surface area contributed by atoms with Gasteiger partial charge in [0, 0.05) is 18.5 Å². The molecule has 0 bridgehead atoms. The van der Waals surface area contributed by atoms with Gasteiger partial charge in [0.15, 0.2) is 5.79 Å². The van der Waals surface area contributed by atoms with Gasteiger partial charge >= 0.3 is 12.1 Å². The van der Waals surface area contributed by atoms with Gasteiger partial charge in [0.05, 0.1) is 26.4 Å². The zero-order valence-electron chi connectivity index (χ0n) is 17.0. The molecule has 1 fully saturated rings. The van der Waals surface area contributed by atoms with Crippen LogP contribution >= 0.6 is 0 Å². The van der Waals surface area contributed by atoms with E-state index in [1.165, 1.54) is 7.11 Å². The highest BCUT2D eigenvalue weighted by Crippen LogP contribution is 2.30. The number of esters is 1. The number of hydrogen-bond acceptors (Lipinski definition) is 6. The van der Waals surface area contributed by atoms with E-state index in [1.54, 1.807) is 11.8 Å². The number of benzene rings is 1. The molecule has 0 spiro atoms. The summed E-state index contributed by atoms with van der Waals surface area (Å²) in [5, 5.41) is 0. The Kier molecular flexibility index (Phi) is 7.60. The summed E-state index contributed by atoms with van der Waals surface area (Å²) in [6, 6.07) is 9.06. The van der Waals surface area contributed by atoms with Crippen LogP contribution in [0.4, 0.5) is 4.79 Å². The largest absolute Gasteiger partial charge is 0.466 e. The number of methoxy groups -OCH3 is 1. The van der Waals surface area contributed by atoms with Gasteiger partial charge < -0.3 is 18.9 Å². The van der Waals surface area contributed by atoms with Gasteiger partial charge in [-0.2, -0.15) is 0 Å². The topological polar surface area (TPSA) is 74.3 Å². The van der Waals surface area contributed by atoms with Crippen LogP contribution in [0, 0.1) is 0 Å². The van der Waals surface area contributed by atoms with Crippen molar-refractivity contribution in [3.63, 3.8) is 0 Å². The van der Waals surface area contributed by atoms with Gasteiger partial charge in [-0.25, -0.2) is 9.59 Å². The molecular weight excluding hydrogens is 362 g/mol. The maximum Gasteiger partial charge on any atom is 0.410 e. The van der Waals surface area contributed by atoms with Crippen LogP contribution in [-0.2, 0) is 30.3 Å². The molecule has 1 saturated heterocycles. The number of amides is 1. The van der Waals surface area contributed by atoms with Crippen LogP contribution < -0.4 is 0 Å². The highest BCUT2D eigenvalue weighted by atomic mass is 16.7. The van der Waals surface area contributed by atoms with E-state index in [4.69, 9.17) is 18.9 Å². The van der Waals surface area contributed by atoms with Gasteiger partial charge in [-0.05, 0) is 26.3 Å². The number of nitrogens with zero attached hydrogens (tertiary/aromatic N) is 1. The number of ether oxygens (including phenoxy) is 4. The Hall–Kier alpha value is -2.38. The van der Waals surface area contributed by atoms with Crippen molar-refractivity contribution in [2.75, 3.05) is 20.3 Å². The average Bonchev–Trinajstić information content (AvgIpc) is 3.04. The standard InChI is InChI=1S/C21H29NO6/c1-6-26-20(24)22(13-16-10-8-7-9-11-16)17(12-15(2)19(23)25-5)18-14-27-21(3,4)28-18/h7-11,17-18H,2,6,12-14H2,1,3-5H3/t17-,18-/m1/s1. The van der Waals surface area contributed by atoms with Crippen LogP contribution in [0.3, 0.4) is 0 Å². The van der Waals surface area contributed by atoms with Crippen molar-refractivity contribution in [1.82, 2.24) is 4.90 Å². The Morgan fingerprint density at radius 2 is 2.00 bits per heavy atom. The van der Waals surface area contributed by atoms with Gasteiger partial charge in [0.2, 0.25) is 0 Å². The van der Waals surface area contributed by atoms with Crippen LogP contribution in [0.5, 0.6) is 0 Å². The van der Waals surface area contributed by atoms with Crippen LogP contribution in [0.15, 0.2) is 42.5 Å². The molecule has 2 rings (SSSR count). The van der Waals surface area contributed by atoms with E-state index in [9.17, 15) is 9.59 Å². The number of carbonyl (C=O) groups excluding carboxylic acids is 2. The highest BCUT2D eigenvalue weighted by Gasteiger charge is 2.42. The van der Waals surface area contributed by atoms with E-state index in [0.29, 0.717) is 6.54 Å². The average molecular weight is 391 g/mol. The monoisotopic (exact) mass is 391 g/mol. The predicted octanol–water partition coefficient (Wildman–Crippen LogP) is 3.28. The summed E-state index contributed by atoms with van der Waals surface area (Å²) >= 11 is 0. The molecule has 1 aliphatic rings. The molecule has 0 radical (unpaired) electrons. The Morgan fingerprint density at radius 1 is 1.32 bits per heavy atom. The van der Waals surface area contributed by atoms with Crippen molar-refractivity contribution in [1.29, 1.82) is 0 Å². The smallest absolute Gasteiger partial charge is 0.410 e. The third-order valence-electron chi connectivity index (χ3n) is 4.49. The van der Waals surface area contributed by atoms with Crippen LogP contribution in [0.25, 0.3) is 0 Å². The molecular formula is C21H29NO6. The zero-order chi connectivity index (χ0) is 20.7. The third-order valence-corrected chi connectivity index (χ3v) is 4.49. The Balaban J connectivity index is 2.33. The molecule has 2 atom stereocenters. The molecule has 1 heterocycles. The van der Waals surface area contributed by atoms with Crippen molar-refractivity contribution < 1.29 is 28.5 Å². The van der Waals surface area contributed by atoms with E-state index in [2.05, 4.69) is 6.58 Å². The fraction of sp³-hybridized carbons (Fsp3) is 0.524. The first-order valence-electron chi connectivity index (χ1n) is 9.32. The minimum absolute atomic E-state index is 0.183. The number of carbonyl (C=O) groups is 2. The second kappa shape index (κ2) is 9.71. The second-order valence-electron chi connectivity index (χ2n) is 7.05. The fourth-order valence-electron chi connectivity index (χ4n) is 3.13. The lowest BCUT2D eigenvalue weighted by Gasteiger charge is -2.34. The van der Waals surface area contributed by atoms with E-state index in [1.807, 2.05) is 44.2 Å². The Morgan fingerprint density at radius 3 is 2.54 bits per heavy atom. The van der Waals surface area contributed by atoms with E-state index in [-0.39, 0.29) is 25.2 Å². The number of hydrogen-bond donors (Lipinski definition) is 0. The molecule has 7 heteroatoms. The van der Waals surface area contributed by atoms with Gasteiger partial charge in [-0.1, -0.05) is 36.9 Å². The molecule has 0 aromatic heterocycles. The summed E-state index contributed by atoms with van der Waals surface area (Å²) in [5.41, 5.74) is 1.19. The van der Waals surface area contributed by atoms with Crippen molar-refractivity contribution in [2.45, 2.75) is 51.7 Å². The summed E-state index contributed by atoms with van der Waals surface area (Å²) in [5.74, 6) is -1.30. The minimum atomic E-state index is -0.775. The first-order valence-corrected chi connectivity index (χ1v) is 9.32. The number of rotatable bonds is 8. The van der Waals surface area contributed by atoms with Crippen molar-refractivity contribution >= 4 is 12.1 Å². The van der Waals surface area contributed by atoms with Gasteiger partial charge in [-0.15, -0.1) is 0 Å². The van der Waals surface area contributed by atoms with Crippen molar-refractivity contribution in [3.8, 4) is 0 Å². The van der Waals surface area contributed by atoms with Crippen LogP contribution in [0.2, 0.25) is 0 Å². The fourth-order valence-corrected chi connectivity index (χ4v) is 3.13. The summed E-state index contributed by atoms with van der Waals surface area (Å²) in [6.45, 7) is 10.0. The lowest BCUT2D eigenvalue weighted by atomic mass is 10.00. The van der Waals surface area contributed by atoms with Crippen LogP contribution in [0.1, 0.15) is 32.8 Å². The van der Waals surface area contributed by atoms with Crippen LogP contribution in [-0.4, -0.2) is 55.2 Å². The molecule has 1 aromatic rings. The van der Waals surface area contributed by atoms with E-state index in [0.717, 1.165) is 5.56 Å². The van der Waals surface area contributed by atoms with Gasteiger partial charge in [-0.3, -0.25) is 4.90 Å². The maximum absolute atomic E-state index is 12.8. The van der Waals surface area contributed by atoms with E-state index < -0.39 is 30.0 Å². The lowest BCUT2D eigenvalue weighted by molar-refractivity contribution is -0.146. The lowest BCUT2D eigenvalue weighted by Crippen LogP contribution is -2.48. The molecule has 1 aliphatic heterocycles. The Labute approximate surface area is 166 Å². The molecule has 1 amide bonds. The molecule has 1 aromatic carbocycles. The van der Waals surface area contributed by atoms with Gasteiger partial charge in [0.25, 0.3) is 0 Å². The summed E-state index contributed by atoms with van der Waals surface area (Å²) in [7, 11) is 1.30. The maximum atomic E-state index is 12.8. The zero-order valence-corrected chi connectivity index (χ0v) is 17.0. The quantitative estimate of drug-likeness (QED) is 0.500. The molecule has 7 nitrogen and oxygen atoms in total. The van der Waals surface area contributed by atoms with Crippen molar-refractivity contribution in [2.24, 2.45) is 0 Å². The van der Waals surface area contributed by atoms with E-state index >= 15 is 0 Å². The van der Waals surface area contributed by atoms with Crippen molar-refractivity contribution in [3.05, 3.63) is 48.0 Å². The first kappa shape index (κ1) is 21.9. The second-order valence-corrected chi connectivity index (χ2v) is 7.05. The summed E-state index contributed by atoms with van der Waals surface area (Å²) in [4.78, 5) is 26.3. The molecule has 0 saturated carbocycles. The molecule has 0 unspecified atom stereocenters. The third kappa shape index (κ3) is 5.81. The SMILES string of the molecule is C=C(C[C@H]([C@H]1COC(C)(C)O1)N(Cc1ccccc1)C(=O)OCC)C(=O)OC. The normalized spacial score (nSPS) is 18.9. The molecule has 0 aliphatic carbocycles. The molecule has 154 valence electrons. The summed E-state index contributed by atoms with van der Waals surface area (Å²) < 4.78 is 21.8. The highest BCUT2D eigenvalue weighted by molar-refractivity contribution is 5.87. The Bertz CT molecular complexity index is 687.